The van der Waals surface area contributed by atoms with E-state index in [1.165, 1.54) is 7.11 Å². The van der Waals surface area contributed by atoms with Crippen molar-refractivity contribution in [2.24, 2.45) is 5.73 Å². The number of nitrogens with two attached hydrogens (primary N) is 1. The highest BCUT2D eigenvalue weighted by Crippen LogP contribution is 2.02. The van der Waals surface area contributed by atoms with Gasteiger partial charge in [-0.1, -0.05) is 19.8 Å². The molecule has 0 bridgehead atoms. The lowest BCUT2D eigenvalue weighted by Crippen LogP contribution is -2.39. The maximum Gasteiger partial charge on any atom is 0.404 e. The van der Waals surface area contributed by atoms with Crippen LogP contribution < -0.4 is 11.1 Å². The second-order valence-electron chi connectivity index (χ2n) is 3.34. The summed E-state index contributed by atoms with van der Waals surface area (Å²) in [5.41, 5.74) is 4.79. The largest absolute Gasteiger partial charge is 0.468 e. The van der Waals surface area contributed by atoms with Crippen molar-refractivity contribution >= 4 is 12.1 Å². The van der Waals surface area contributed by atoms with E-state index in [0.717, 1.165) is 12.8 Å². The maximum absolute atomic E-state index is 11.3. The minimum absolute atomic E-state index is 0.148. The SMILES string of the molecule is CCCCC(NCCOC(N)=O)C(=O)OC. The van der Waals surface area contributed by atoms with Gasteiger partial charge in [-0.2, -0.15) is 0 Å². The molecule has 0 aliphatic rings. The Labute approximate surface area is 95.5 Å². The van der Waals surface area contributed by atoms with Gasteiger partial charge in [0, 0.05) is 6.54 Å². The molecule has 94 valence electrons. The van der Waals surface area contributed by atoms with E-state index >= 15 is 0 Å². The molecular weight excluding hydrogens is 212 g/mol. The Balaban J connectivity index is 3.82. The maximum atomic E-state index is 11.3. The highest BCUT2D eigenvalue weighted by atomic mass is 16.5. The second kappa shape index (κ2) is 8.96. The average Bonchev–Trinajstić information content (AvgIpc) is 2.26. The van der Waals surface area contributed by atoms with Gasteiger partial charge < -0.3 is 20.5 Å². The molecule has 0 aromatic rings. The summed E-state index contributed by atoms with van der Waals surface area (Å²) < 4.78 is 9.19. The number of carbonyl (C=O) groups is 2. The summed E-state index contributed by atoms with van der Waals surface area (Å²) >= 11 is 0. The van der Waals surface area contributed by atoms with Gasteiger partial charge in [0.05, 0.1) is 7.11 Å². The molecule has 0 saturated carbocycles. The molecule has 3 N–H and O–H groups in total. The summed E-state index contributed by atoms with van der Waals surface area (Å²) in [5, 5.41) is 2.95. The summed E-state index contributed by atoms with van der Waals surface area (Å²) in [6, 6.07) is -0.346. The van der Waals surface area contributed by atoms with Crippen LogP contribution in [-0.4, -0.2) is 38.4 Å². The molecule has 0 aromatic carbocycles. The van der Waals surface area contributed by atoms with Gasteiger partial charge in [0.2, 0.25) is 0 Å². The van der Waals surface area contributed by atoms with Crippen LogP contribution in [0.2, 0.25) is 0 Å². The van der Waals surface area contributed by atoms with Crippen molar-refractivity contribution in [3.05, 3.63) is 0 Å². The Hall–Kier alpha value is -1.30. The predicted octanol–water partition coefficient (Wildman–Crippen LogP) is 0.403. The zero-order valence-electron chi connectivity index (χ0n) is 9.82. The van der Waals surface area contributed by atoms with Crippen LogP contribution in [0.15, 0.2) is 0 Å². The van der Waals surface area contributed by atoms with E-state index in [-0.39, 0.29) is 18.6 Å². The Bertz CT molecular complexity index is 221. The third-order valence-electron chi connectivity index (χ3n) is 2.07. The summed E-state index contributed by atoms with van der Waals surface area (Å²) in [4.78, 5) is 21.6. The highest BCUT2D eigenvalue weighted by molar-refractivity contribution is 5.75. The molecule has 0 saturated heterocycles. The van der Waals surface area contributed by atoms with Crippen LogP contribution >= 0.6 is 0 Å². The lowest BCUT2D eigenvalue weighted by atomic mass is 10.1. The third kappa shape index (κ3) is 7.05. The molecule has 6 heteroatoms. The average molecular weight is 232 g/mol. The summed E-state index contributed by atoms with van der Waals surface area (Å²) in [6.45, 7) is 2.58. The first-order valence-corrected chi connectivity index (χ1v) is 5.35. The van der Waals surface area contributed by atoms with E-state index in [9.17, 15) is 9.59 Å². The molecule has 1 atom stereocenters. The molecule has 0 rings (SSSR count). The van der Waals surface area contributed by atoms with Gasteiger partial charge in [0.1, 0.15) is 12.6 Å². The van der Waals surface area contributed by atoms with Gasteiger partial charge in [-0.15, -0.1) is 0 Å². The van der Waals surface area contributed by atoms with Crippen molar-refractivity contribution in [3.63, 3.8) is 0 Å². The number of hydrogen-bond donors (Lipinski definition) is 2. The second-order valence-corrected chi connectivity index (χ2v) is 3.34. The molecule has 0 fully saturated rings. The Morgan fingerprint density at radius 1 is 1.44 bits per heavy atom. The smallest absolute Gasteiger partial charge is 0.404 e. The minimum Gasteiger partial charge on any atom is -0.468 e. The standard InChI is InChI=1S/C10H20N2O4/c1-3-4-5-8(9(13)15-2)12-6-7-16-10(11)14/h8,12H,3-7H2,1-2H3,(H2,11,14). The van der Waals surface area contributed by atoms with Crippen LogP contribution in [0, 0.1) is 0 Å². The molecule has 1 amide bonds. The number of amides is 1. The van der Waals surface area contributed by atoms with E-state index in [1.807, 2.05) is 6.92 Å². The lowest BCUT2D eigenvalue weighted by molar-refractivity contribution is -0.143. The Morgan fingerprint density at radius 2 is 2.12 bits per heavy atom. The topological polar surface area (TPSA) is 90.6 Å². The number of hydrogen-bond acceptors (Lipinski definition) is 5. The van der Waals surface area contributed by atoms with Crippen LogP contribution in [0.5, 0.6) is 0 Å². The first-order chi connectivity index (χ1) is 7.61. The zero-order valence-corrected chi connectivity index (χ0v) is 9.82. The minimum atomic E-state index is -0.815. The van der Waals surface area contributed by atoms with Gasteiger partial charge in [-0.05, 0) is 6.42 Å². The molecule has 6 nitrogen and oxygen atoms in total. The zero-order chi connectivity index (χ0) is 12.4. The Morgan fingerprint density at radius 3 is 2.62 bits per heavy atom. The number of esters is 1. The van der Waals surface area contributed by atoms with Crippen molar-refractivity contribution in [1.29, 1.82) is 0 Å². The van der Waals surface area contributed by atoms with Crippen LogP contribution in [0.25, 0.3) is 0 Å². The van der Waals surface area contributed by atoms with Gasteiger partial charge in [0.15, 0.2) is 0 Å². The molecule has 0 spiro atoms. The lowest BCUT2D eigenvalue weighted by Gasteiger charge is -2.15. The molecule has 0 aliphatic carbocycles. The molecule has 0 heterocycles. The van der Waals surface area contributed by atoms with Crippen molar-refractivity contribution in [1.82, 2.24) is 5.32 Å². The summed E-state index contributed by atoms with van der Waals surface area (Å²) in [5.74, 6) is -0.299. The van der Waals surface area contributed by atoms with Crippen molar-refractivity contribution in [2.75, 3.05) is 20.3 Å². The van der Waals surface area contributed by atoms with E-state index < -0.39 is 6.09 Å². The number of nitrogens with one attached hydrogen (secondary N) is 1. The van der Waals surface area contributed by atoms with Crippen LogP contribution in [0.4, 0.5) is 4.79 Å². The van der Waals surface area contributed by atoms with E-state index in [1.54, 1.807) is 0 Å². The predicted molar refractivity (Wildman–Crippen MR) is 58.9 cm³/mol. The normalized spacial score (nSPS) is 11.9. The van der Waals surface area contributed by atoms with Crippen molar-refractivity contribution < 1.29 is 19.1 Å². The number of carbonyl (C=O) groups excluding carboxylic acids is 2. The van der Waals surface area contributed by atoms with Gasteiger partial charge in [-0.25, -0.2) is 4.79 Å². The summed E-state index contributed by atoms with van der Waals surface area (Å²) in [7, 11) is 1.35. The van der Waals surface area contributed by atoms with Gasteiger partial charge >= 0.3 is 12.1 Å². The fraction of sp³-hybridized carbons (Fsp3) is 0.800. The third-order valence-corrected chi connectivity index (χ3v) is 2.07. The monoisotopic (exact) mass is 232 g/mol. The van der Waals surface area contributed by atoms with Crippen molar-refractivity contribution in [2.45, 2.75) is 32.2 Å². The van der Waals surface area contributed by atoms with Crippen LogP contribution in [0.1, 0.15) is 26.2 Å². The fourth-order valence-corrected chi connectivity index (χ4v) is 1.24. The number of ether oxygens (including phenoxy) is 2. The highest BCUT2D eigenvalue weighted by Gasteiger charge is 2.17. The first-order valence-electron chi connectivity index (χ1n) is 5.35. The van der Waals surface area contributed by atoms with Crippen LogP contribution in [-0.2, 0) is 14.3 Å². The molecule has 16 heavy (non-hydrogen) atoms. The summed E-state index contributed by atoms with van der Waals surface area (Å²) in [6.07, 6.45) is 1.83. The van der Waals surface area contributed by atoms with E-state index in [0.29, 0.717) is 13.0 Å². The Kier molecular flexibility index (Phi) is 8.24. The molecular formula is C10H20N2O4. The molecule has 1 unspecified atom stereocenters. The van der Waals surface area contributed by atoms with Crippen LogP contribution in [0.3, 0.4) is 0 Å². The quantitative estimate of drug-likeness (QED) is 0.467. The number of methoxy groups -OCH3 is 1. The van der Waals surface area contributed by atoms with E-state index in [2.05, 4.69) is 14.8 Å². The first kappa shape index (κ1) is 14.7. The number of unbranched alkanes of at least 4 members (excludes halogenated alkanes) is 1. The number of primary amides is 1. The fourth-order valence-electron chi connectivity index (χ4n) is 1.24. The number of rotatable bonds is 8. The van der Waals surface area contributed by atoms with Crippen molar-refractivity contribution in [3.8, 4) is 0 Å². The molecule has 0 aliphatic heterocycles. The molecule has 0 aromatic heterocycles. The van der Waals surface area contributed by atoms with Gasteiger partial charge in [-0.3, -0.25) is 4.79 Å². The van der Waals surface area contributed by atoms with E-state index in [4.69, 9.17) is 5.73 Å². The van der Waals surface area contributed by atoms with Gasteiger partial charge in [0.25, 0.3) is 0 Å². The molecule has 0 radical (unpaired) electrons.